The lowest BCUT2D eigenvalue weighted by Gasteiger charge is -2.13. The monoisotopic (exact) mass is 488 g/mol. The fourth-order valence-corrected chi connectivity index (χ4v) is 6.02. The predicted molar refractivity (Wildman–Crippen MR) is 124 cm³/mol. The minimum Gasteiger partial charge on any atom is -0.462 e. The van der Waals surface area contributed by atoms with Crippen molar-refractivity contribution in [2.75, 3.05) is 16.6 Å². The van der Waals surface area contributed by atoms with Crippen molar-refractivity contribution in [2.45, 2.75) is 31.1 Å². The molecule has 3 aromatic rings. The van der Waals surface area contributed by atoms with E-state index < -0.39 is 27.7 Å². The van der Waals surface area contributed by atoms with E-state index in [1.165, 1.54) is 23.5 Å². The number of rotatable bonds is 7. The summed E-state index contributed by atoms with van der Waals surface area (Å²) in [7, 11) is -4.05. The molecule has 0 fully saturated rings. The highest BCUT2D eigenvalue weighted by molar-refractivity contribution is 7.92. The van der Waals surface area contributed by atoms with Gasteiger partial charge in [-0.1, -0.05) is 12.1 Å². The van der Waals surface area contributed by atoms with Crippen molar-refractivity contribution >= 4 is 43.9 Å². The molecule has 10 heteroatoms. The van der Waals surface area contributed by atoms with Gasteiger partial charge in [0.15, 0.2) is 0 Å². The van der Waals surface area contributed by atoms with Crippen LogP contribution in [0.25, 0.3) is 0 Å². The van der Waals surface area contributed by atoms with Crippen LogP contribution in [0.5, 0.6) is 0 Å². The van der Waals surface area contributed by atoms with Crippen molar-refractivity contribution in [3.05, 3.63) is 75.9 Å². The summed E-state index contributed by atoms with van der Waals surface area (Å²) in [5.41, 5.74) is 1.40. The van der Waals surface area contributed by atoms with Crippen LogP contribution in [0.1, 0.15) is 44.5 Å². The number of esters is 1. The van der Waals surface area contributed by atoms with Gasteiger partial charge in [-0.05, 0) is 68.1 Å². The summed E-state index contributed by atoms with van der Waals surface area (Å²) in [6.07, 6.45) is 2.51. The lowest BCUT2D eigenvalue weighted by atomic mass is 10.1. The Labute approximate surface area is 194 Å². The van der Waals surface area contributed by atoms with Gasteiger partial charge in [0.2, 0.25) is 0 Å². The molecule has 33 heavy (non-hydrogen) atoms. The summed E-state index contributed by atoms with van der Waals surface area (Å²) < 4.78 is 46.2. The number of hydrogen-bond acceptors (Lipinski definition) is 6. The second kappa shape index (κ2) is 9.32. The van der Waals surface area contributed by atoms with Crippen LogP contribution in [-0.4, -0.2) is 26.9 Å². The lowest BCUT2D eigenvalue weighted by molar-refractivity contribution is 0.0527. The van der Waals surface area contributed by atoms with Crippen molar-refractivity contribution in [2.24, 2.45) is 0 Å². The third-order valence-corrected chi connectivity index (χ3v) is 7.76. The third-order valence-electron chi connectivity index (χ3n) is 5.17. The Morgan fingerprint density at radius 2 is 1.82 bits per heavy atom. The van der Waals surface area contributed by atoms with Gasteiger partial charge in [-0.3, -0.25) is 9.52 Å². The summed E-state index contributed by atoms with van der Waals surface area (Å²) in [5, 5.41) is 3.15. The zero-order valence-electron chi connectivity index (χ0n) is 17.7. The molecule has 0 aliphatic heterocycles. The quantitative estimate of drug-likeness (QED) is 0.473. The number of aryl methyl sites for hydroxylation is 1. The molecule has 1 heterocycles. The number of sulfonamides is 1. The van der Waals surface area contributed by atoms with Crippen LogP contribution in [-0.2, 0) is 27.6 Å². The highest BCUT2D eigenvalue weighted by atomic mass is 32.2. The van der Waals surface area contributed by atoms with E-state index in [0.717, 1.165) is 54.0 Å². The molecule has 0 radical (unpaired) electrons. The van der Waals surface area contributed by atoms with Crippen LogP contribution in [0.15, 0.2) is 53.4 Å². The largest absolute Gasteiger partial charge is 0.462 e. The summed E-state index contributed by atoms with van der Waals surface area (Å²) in [4.78, 5) is 26.6. The Hall–Kier alpha value is -3.24. The molecule has 7 nitrogen and oxygen atoms in total. The van der Waals surface area contributed by atoms with Gasteiger partial charge in [0, 0.05) is 4.88 Å². The minimum atomic E-state index is -4.05. The number of fused-ring (bicyclic) bond motifs is 1. The molecule has 0 bridgehead atoms. The molecule has 2 N–H and O–H groups in total. The molecule has 1 aliphatic rings. The Morgan fingerprint density at radius 3 is 2.55 bits per heavy atom. The maximum absolute atomic E-state index is 13.2. The first-order valence-corrected chi connectivity index (χ1v) is 12.6. The van der Waals surface area contributed by atoms with Crippen molar-refractivity contribution in [1.29, 1.82) is 0 Å². The van der Waals surface area contributed by atoms with Crippen LogP contribution >= 0.6 is 11.3 Å². The summed E-state index contributed by atoms with van der Waals surface area (Å²) >= 11 is 1.34. The van der Waals surface area contributed by atoms with E-state index in [-0.39, 0.29) is 22.8 Å². The molecule has 1 amide bonds. The second-order valence-corrected chi connectivity index (χ2v) is 10.1. The molecule has 0 spiro atoms. The first kappa shape index (κ1) is 22.9. The molecule has 0 saturated carbocycles. The number of carbonyl (C=O) groups excluding carboxylic acids is 2. The van der Waals surface area contributed by atoms with Crippen LogP contribution < -0.4 is 10.0 Å². The van der Waals surface area contributed by atoms with Crippen molar-refractivity contribution in [3.8, 4) is 0 Å². The molecule has 1 aliphatic carbocycles. The lowest BCUT2D eigenvalue weighted by Crippen LogP contribution is -2.19. The van der Waals surface area contributed by atoms with E-state index >= 15 is 0 Å². The molecule has 4 rings (SSSR count). The fraction of sp³-hybridized carbons (Fsp3) is 0.217. The first-order chi connectivity index (χ1) is 15.8. The van der Waals surface area contributed by atoms with E-state index in [0.29, 0.717) is 10.6 Å². The standard InChI is InChI=1S/C23H21FN2O5S2/c1-2-31-23(28)20-17-7-5-9-19(17)32-22(20)25-21(27)16-6-3-4-8-18(16)26-33(29,30)15-12-10-14(24)11-13-15/h3-4,6,8,10-13,26H,2,5,7,9H2,1H3,(H,25,27). The Bertz CT molecular complexity index is 1320. The van der Waals surface area contributed by atoms with Crippen molar-refractivity contribution in [1.82, 2.24) is 0 Å². The Kier molecular flexibility index (Phi) is 6.48. The molecule has 172 valence electrons. The van der Waals surface area contributed by atoms with Gasteiger partial charge in [-0.15, -0.1) is 11.3 Å². The number of para-hydroxylation sites is 1. The SMILES string of the molecule is CCOC(=O)c1c(NC(=O)c2ccccc2NS(=O)(=O)c2ccc(F)cc2)sc2c1CCC2. The highest BCUT2D eigenvalue weighted by Crippen LogP contribution is 2.40. The number of carbonyl (C=O) groups is 2. The van der Waals surface area contributed by atoms with Gasteiger partial charge < -0.3 is 10.1 Å². The molecule has 1 aromatic heterocycles. The average molecular weight is 489 g/mol. The van der Waals surface area contributed by atoms with Gasteiger partial charge in [0.25, 0.3) is 15.9 Å². The van der Waals surface area contributed by atoms with E-state index in [9.17, 15) is 22.4 Å². The number of ether oxygens (including phenoxy) is 1. The van der Waals surface area contributed by atoms with Gasteiger partial charge in [0.1, 0.15) is 10.8 Å². The van der Waals surface area contributed by atoms with Crippen molar-refractivity contribution in [3.63, 3.8) is 0 Å². The summed E-state index contributed by atoms with van der Waals surface area (Å²) in [5.74, 6) is -1.62. The molecule has 0 unspecified atom stereocenters. The number of thiophene rings is 1. The minimum absolute atomic E-state index is 0.0566. The number of nitrogens with one attached hydrogen (secondary N) is 2. The Balaban J connectivity index is 1.62. The van der Waals surface area contributed by atoms with E-state index in [2.05, 4.69) is 10.0 Å². The molecule has 0 saturated heterocycles. The number of hydrogen-bond donors (Lipinski definition) is 2. The maximum Gasteiger partial charge on any atom is 0.341 e. The topological polar surface area (TPSA) is 102 Å². The number of benzene rings is 2. The number of anilines is 2. The molecular formula is C23H21FN2O5S2. The second-order valence-electron chi connectivity index (χ2n) is 7.34. The normalized spacial score (nSPS) is 12.8. The zero-order chi connectivity index (χ0) is 23.6. The third kappa shape index (κ3) is 4.76. The summed E-state index contributed by atoms with van der Waals surface area (Å²) in [6, 6.07) is 10.5. The first-order valence-electron chi connectivity index (χ1n) is 10.3. The fourth-order valence-electron chi connectivity index (χ4n) is 3.67. The molecule has 0 atom stereocenters. The predicted octanol–water partition coefficient (Wildman–Crippen LogP) is 4.61. The van der Waals surface area contributed by atoms with Crippen LogP contribution in [0, 0.1) is 5.82 Å². The van der Waals surface area contributed by atoms with Gasteiger partial charge in [-0.2, -0.15) is 0 Å². The van der Waals surface area contributed by atoms with E-state index in [4.69, 9.17) is 4.74 Å². The number of halogens is 1. The smallest absolute Gasteiger partial charge is 0.341 e. The highest BCUT2D eigenvalue weighted by Gasteiger charge is 2.29. The average Bonchev–Trinajstić information content (AvgIpc) is 3.35. The van der Waals surface area contributed by atoms with E-state index in [1.54, 1.807) is 19.1 Å². The zero-order valence-corrected chi connectivity index (χ0v) is 19.3. The summed E-state index contributed by atoms with van der Waals surface area (Å²) in [6.45, 7) is 1.93. The van der Waals surface area contributed by atoms with Crippen LogP contribution in [0.2, 0.25) is 0 Å². The molecular weight excluding hydrogens is 467 g/mol. The van der Waals surface area contributed by atoms with Gasteiger partial charge in [0.05, 0.1) is 28.3 Å². The van der Waals surface area contributed by atoms with Crippen molar-refractivity contribution < 1.29 is 27.1 Å². The van der Waals surface area contributed by atoms with Crippen LogP contribution in [0.3, 0.4) is 0 Å². The molecule has 2 aromatic carbocycles. The van der Waals surface area contributed by atoms with E-state index in [1.807, 2.05) is 0 Å². The maximum atomic E-state index is 13.2. The van der Waals surface area contributed by atoms with Crippen LogP contribution in [0.4, 0.5) is 15.1 Å². The van der Waals surface area contributed by atoms with Gasteiger partial charge >= 0.3 is 5.97 Å². The van der Waals surface area contributed by atoms with Gasteiger partial charge in [-0.25, -0.2) is 17.6 Å². The Morgan fingerprint density at radius 1 is 1.09 bits per heavy atom. The number of amides is 1.